The number of ether oxygens (including phenoxy) is 4. The first-order valence-electron chi connectivity index (χ1n) is 6.85. The molecule has 1 fully saturated rings. The molecule has 1 saturated carbocycles. The van der Waals surface area contributed by atoms with E-state index in [1.807, 2.05) is 0 Å². The van der Waals surface area contributed by atoms with E-state index in [1.54, 1.807) is 7.11 Å². The molecule has 3 atom stereocenters. The van der Waals surface area contributed by atoms with Crippen LogP contribution in [0.15, 0.2) is 0 Å². The van der Waals surface area contributed by atoms with Gasteiger partial charge in [0.25, 0.3) is 0 Å². The summed E-state index contributed by atoms with van der Waals surface area (Å²) in [7, 11) is 1.66. The Bertz CT molecular complexity index is 203. The van der Waals surface area contributed by atoms with Crippen LogP contribution in [0.2, 0.25) is 0 Å². The molecule has 0 aromatic carbocycles. The highest BCUT2D eigenvalue weighted by molar-refractivity contribution is 4.95. The van der Waals surface area contributed by atoms with Crippen molar-refractivity contribution in [1.29, 1.82) is 0 Å². The molecule has 0 amide bonds. The molecule has 1 rings (SSSR count). The fourth-order valence-electron chi connectivity index (χ4n) is 1.88. The van der Waals surface area contributed by atoms with Crippen molar-refractivity contribution in [3.63, 3.8) is 0 Å². The molecule has 2 N–H and O–H groups in total. The highest BCUT2D eigenvalue weighted by atomic mass is 16.6. The third-order valence-electron chi connectivity index (χ3n) is 3.09. The molecule has 0 spiro atoms. The minimum Gasteiger partial charge on any atom is -0.382 e. The third kappa shape index (κ3) is 5.63. The van der Waals surface area contributed by atoms with Gasteiger partial charge in [0.2, 0.25) is 0 Å². The molecule has 1 aliphatic carbocycles. The summed E-state index contributed by atoms with van der Waals surface area (Å²) >= 11 is 0. The zero-order valence-electron chi connectivity index (χ0n) is 11.6. The summed E-state index contributed by atoms with van der Waals surface area (Å²) in [5.74, 6) is 0. The number of nitrogens with two attached hydrogens (primary N) is 1. The van der Waals surface area contributed by atoms with Crippen LogP contribution in [0.3, 0.4) is 0 Å². The Labute approximate surface area is 110 Å². The van der Waals surface area contributed by atoms with Crippen LogP contribution in [-0.4, -0.2) is 58.4 Å². The molecule has 0 bridgehead atoms. The van der Waals surface area contributed by atoms with E-state index < -0.39 is 0 Å². The van der Waals surface area contributed by atoms with E-state index >= 15 is 0 Å². The van der Waals surface area contributed by atoms with Crippen LogP contribution in [0.5, 0.6) is 0 Å². The first-order valence-corrected chi connectivity index (χ1v) is 6.85. The SMILES string of the molecule is CCCCOCCOC1CC(N)C1OCCOC. The first kappa shape index (κ1) is 15.9. The lowest BCUT2D eigenvalue weighted by Crippen LogP contribution is -2.58. The Balaban J connectivity index is 2.00. The molecule has 5 nitrogen and oxygen atoms in total. The van der Waals surface area contributed by atoms with Crippen LogP contribution >= 0.6 is 0 Å². The Kier molecular flexibility index (Phi) is 8.54. The topological polar surface area (TPSA) is 62.9 Å². The number of hydrogen-bond donors (Lipinski definition) is 1. The molecular weight excluding hydrogens is 234 g/mol. The van der Waals surface area contributed by atoms with Crippen molar-refractivity contribution in [2.24, 2.45) is 5.73 Å². The van der Waals surface area contributed by atoms with Crippen molar-refractivity contribution < 1.29 is 18.9 Å². The lowest BCUT2D eigenvalue weighted by atomic mass is 9.86. The van der Waals surface area contributed by atoms with E-state index in [4.69, 9.17) is 24.7 Å². The Morgan fingerprint density at radius 2 is 1.83 bits per heavy atom. The monoisotopic (exact) mass is 261 g/mol. The number of rotatable bonds is 11. The van der Waals surface area contributed by atoms with Crippen LogP contribution < -0.4 is 5.73 Å². The van der Waals surface area contributed by atoms with Crippen molar-refractivity contribution in [1.82, 2.24) is 0 Å². The Morgan fingerprint density at radius 3 is 2.50 bits per heavy atom. The molecule has 3 unspecified atom stereocenters. The van der Waals surface area contributed by atoms with Gasteiger partial charge in [-0.2, -0.15) is 0 Å². The molecule has 0 heterocycles. The summed E-state index contributed by atoms with van der Waals surface area (Å²) in [6, 6.07) is 0.0906. The second-order valence-corrected chi connectivity index (χ2v) is 4.60. The number of unbranched alkanes of at least 4 members (excludes halogenated alkanes) is 1. The second-order valence-electron chi connectivity index (χ2n) is 4.60. The average Bonchev–Trinajstić information content (AvgIpc) is 2.37. The van der Waals surface area contributed by atoms with Gasteiger partial charge in [0, 0.05) is 19.8 Å². The molecule has 0 saturated heterocycles. The van der Waals surface area contributed by atoms with Crippen molar-refractivity contribution in [2.45, 2.75) is 44.4 Å². The predicted octanol–water partition coefficient (Wildman–Crippen LogP) is 0.951. The van der Waals surface area contributed by atoms with E-state index in [0.717, 1.165) is 25.9 Å². The summed E-state index contributed by atoms with van der Waals surface area (Å²) < 4.78 is 21.7. The normalized spacial score (nSPS) is 27.2. The Hall–Kier alpha value is -0.200. The predicted molar refractivity (Wildman–Crippen MR) is 69.7 cm³/mol. The van der Waals surface area contributed by atoms with E-state index in [-0.39, 0.29) is 18.2 Å². The van der Waals surface area contributed by atoms with Gasteiger partial charge >= 0.3 is 0 Å². The maximum absolute atomic E-state index is 5.89. The van der Waals surface area contributed by atoms with E-state index in [2.05, 4.69) is 6.92 Å². The van der Waals surface area contributed by atoms with E-state index in [9.17, 15) is 0 Å². The van der Waals surface area contributed by atoms with Gasteiger partial charge in [-0.25, -0.2) is 0 Å². The summed E-state index contributed by atoms with van der Waals surface area (Å²) in [6.07, 6.45) is 3.26. The summed E-state index contributed by atoms with van der Waals surface area (Å²) in [6.45, 7) is 5.40. The average molecular weight is 261 g/mol. The van der Waals surface area contributed by atoms with Gasteiger partial charge in [0.1, 0.15) is 0 Å². The zero-order chi connectivity index (χ0) is 13.2. The van der Waals surface area contributed by atoms with Gasteiger partial charge < -0.3 is 24.7 Å². The maximum Gasteiger partial charge on any atom is 0.0989 e. The van der Waals surface area contributed by atoms with Crippen LogP contribution in [0.25, 0.3) is 0 Å². The minimum absolute atomic E-state index is 0.00999. The van der Waals surface area contributed by atoms with Crippen LogP contribution in [0.1, 0.15) is 26.2 Å². The molecule has 108 valence electrons. The van der Waals surface area contributed by atoms with Gasteiger partial charge in [-0.3, -0.25) is 0 Å². The summed E-state index contributed by atoms with van der Waals surface area (Å²) in [5.41, 5.74) is 5.89. The molecule has 1 aliphatic rings. The second kappa shape index (κ2) is 9.69. The quantitative estimate of drug-likeness (QED) is 0.561. The largest absolute Gasteiger partial charge is 0.382 e. The fourth-order valence-corrected chi connectivity index (χ4v) is 1.88. The van der Waals surface area contributed by atoms with E-state index in [0.29, 0.717) is 26.4 Å². The van der Waals surface area contributed by atoms with Gasteiger partial charge in [-0.1, -0.05) is 13.3 Å². The first-order chi connectivity index (χ1) is 8.79. The van der Waals surface area contributed by atoms with Crippen LogP contribution in [0, 0.1) is 0 Å². The van der Waals surface area contributed by atoms with Gasteiger partial charge in [-0.15, -0.1) is 0 Å². The summed E-state index contributed by atoms with van der Waals surface area (Å²) in [5, 5.41) is 0. The fraction of sp³-hybridized carbons (Fsp3) is 1.00. The van der Waals surface area contributed by atoms with Gasteiger partial charge in [0.15, 0.2) is 0 Å². The molecule has 0 aromatic heterocycles. The van der Waals surface area contributed by atoms with Gasteiger partial charge in [-0.05, 0) is 12.8 Å². The molecule has 5 heteroatoms. The third-order valence-corrected chi connectivity index (χ3v) is 3.09. The molecule has 0 radical (unpaired) electrons. The standard InChI is InChI=1S/C13H27NO4/c1-3-4-5-16-7-9-17-12-10-11(14)13(12)18-8-6-15-2/h11-13H,3-10,14H2,1-2H3. The van der Waals surface area contributed by atoms with Crippen molar-refractivity contribution in [2.75, 3.05) is 40.1 Å². The number of methoxy groups -OCH3 is 1. The minimum atomic E-state index is 0.00999. The van der Waals surface area contributed by atoms with E-state index in [1.165, 1.54) is 0 Å². The molecular formula is C13H27NO4. The smallest absolute Gasteiger partial charge is 0.0989 e. The molecule has 18 heavy (non-hydrogen) atoms. The van der Waals surface area contributed by atoms with Crippen LogP contribution in [0.4, 0.5) is 0 Å². The van der Waals surface area contributed by atoms with Gasteiger partial charge in [0.05, 0.1) is 38.6 Å². The van der Waals surface area contributed by atoms with Crippen molar-refractivity contribution >= 4 is 0 Å². The van der Waals surface area contributed by atoms with Crippen LogP contribution in [-0.2, 0) is 18.9 Å². The maximum atomic E-state index is 5.89. The van der Waals surface area contributed by atoms with Crippen molar-refractivity contribution in [3.05, 3.63) is 0 Å². The lowest BCUT2D eigenvalue weighted by molar-refractivity contribution is -0.150. The Morgan fingerprint density at radius 1 is 1.06 bits per heavy atom. The molecule has 0 aliphatic heterocycles. The zero-order valence-corrected chi connectivity index (χ0v) is 11.6. The highest BCUT2D eigenvalue weighted by Crippen LogP contribution is 2.25. The number of hydrogen-bond acceptors (Lipinski definition) is 5. The van der Waals surface area contributed by atoms with Crippen molar-refractivity contribution in [3.8, 4) is 0 Å². The lowest BCUT2D eigenvalue weighted by Gasteiger charge is -2.41. The summed E-state index contributed by atoms with van der Waals surface area (Å²) in [4.78, 5) is 0. The molecule has 0 aromatic rings. The highest BCUT2D eigenvalue weighted by Gasteiger charge is 2.40.